The monoisotopic (exact) mass is 283 g/mol. The molecule has 1 heterocycles. The summed E-state index contributed by atoms with van der Waals surface area (Å²) >= 11 is 0. The number of ether oxygens (including phenoxy) is 3. The number of alkyl carbamates (subject to hydrolysis) is 1. The molecule has 0 aromatic carbocycles. The minimum absolute atomic E-state index is 0.0405. The average molecular weight is 283 g/mol. The Morgan fingerprint density at radius 1 is 1.45 bits per heavy atom. The van der Waals surface area contributed by atoms with E-state index in [2.05, 4.69) is 11.9 Å². The van der Waals surface area contributed by atoms with Crippen molar-refractivity contribution >= 4 is 18.0 Å². The molecule has 0 aromatic heterocycles. The lowest BCUT2D eigenvalue weighted by molar-refractivity contribution is -0.145. The van der Waals surface area contributed by atoms with Gasteiger partial charge >= 0.3 is 18.0 Å². The van der Waals surface area contributed by atoms with Gasteiger partial charge in [0.25, 0.3) is 0 Å². The first kappa shape index (κ1) is 14.4. The molecule has 7 heteroatoms. The molecule has 110 valence electrons. The maximum Gasteiger partial charge on any atom is 0.407 e. The highest BCUT2D eigenvalue weighted by Gasteiger charge is 2.44. The van der Waals surface area contributed by atoms with Crippen LogP contribution in [-0.2, 0) is 23.8 Å². The molecule has 0 radical (unpaired) electrons. The van der Waals surface area contributed by atoms with Crippen molar-refractivity contribution in [3.63, 3.8) is 0 Å². The fourth-order valence-electron chi connectivity index (χ4n) is 2.36. The van der Waals surface area contributed by atoms with E-state index in [0.717, 1.165) is 6.08 Å². The van der Waals surface area contributed by atoms with Crippen LogP contribution < -0.4 is 5.32 Å². The van der Waals surface area contributed by atoms with Crippen LogP contribution in [0.3, 0.4) is 0 Å². The van der Waals surface area contributed by atoms with Gasteiger partial charge in [0.15, 0.2) is 0 Å². The van der Waals surface area contributed by atoms with Crippen molar-refractivity contribution in [2.75, 3.05) is 13.2 Å². The molecule has 0 aromatic rings. The summed E-state index contributed by atoms with van der Waals surface area (Å²) in [6.07, 6.45) is 1.65. The van der Waals surface area contributed by atoms with Gasteiger partial charge in [0, 0.05) is 12.5 Å². The van der Waals surface area contributed by atoms with Gasteiger partial charge in [-0.2, -0.15) is 0 Å². The highest BCUT2D eigenvalue weighted by Crippen LogP contribution is 2.35. The van der Waals surface area contributed by atoms with Crippen molar-refractivity contribution in [3.05, 3.63) is 12.7 Å². The smallest absolute Gasteiger partial charge is 0.407 e. The van der Waals surface area contributed by atoms with Crippen molar-refractivity contribution < 1.29 is 28.6 Å². The van der Waals surface area contributed by atoms with Crippen LogP contribution in [0.25, 0.3) is 0 Å². The van der Waals surface area contributed by atoms with E-state index < -0.39 is 18.2 Å². The molecule has 1 amide bonds. The van der Waals surface area contributed by atoms with Crippen molar-refractivity contribution in [2.45, 2.75) is 31.5 Å². The second-order valence-corrected chi connectivity index (χ2v) is 4.73. The topological polar surface area (TPSA) is 90.9 Å². The van der Waals surface area contributed by atoms with Crippen LogP contribution >= 0.6 is 0 Å². The maximum atomic E-state index is 11.5. The third-order valence-corrected chi connectivity index (χ3v) is 3.37. The predicted octanol–water partition coefficient (Wildman–Crippen LogP) is 0.536. The third-order valence-electron chi connectivity index (χ3n) is 3.37. The van der Waals surface area contributed by atoms with Crippen LogP contribution in [-0.4, -0.2) is 43.4 Å². The molecular weight excluding hydrogens is 266 g/mol. The summed E-state index contributed by atoms with van der Waals surface area (Å²) in [5, 5.41) is 2.47. The number of hydrogen-bond acceptors (Lipinski definition) is 6. The van der Waals surface area contributed by atoms with Gasteiger partial charge in [0.1, 0.15) is 18.8 Å². The molecule has 1 N–H and O–H groups in total. The van der Waals surface area contributed by atoms with Gasteiger partial charge in [-0.15, -0.1) is 0 Å². The van der Waals surface area contributed by atoms with Crippen LogP contribution in [0.4, 0.5) is 4.79 Å². The Bertz CT molecular complexity index is 421. The number of nitrogens with one attached hydrogen (secondary N) is 1. The van der Waals surface area contributed by atoms with E-state index in [1.165, 1.54) is 0 Å². The van der Waals surface area contributed by atoms with Crippen molar-refractivity contribution in [1.29, 1.82) is 0 Å². The van der Waals surface area contributed by atoms with Gasteiger partial charge in [0.2, 0.25) is 0 Å². The fraction of sp³-hybridized carbons (Fsp3) is 0.615. The standard InChI is InChI=1S/C13H17NO6/c1-2-11(15)18-6-5-14-13(17)20-9-4-3-8-7-10(9)19-12(8)16/h2,8-10H,1,3-7H2,(H,14,17). The first-order valence-corrected chi connectivity index (χ1v) is 6.54. The molecule has 20 heavy (non-hydrogen) atoms. The lowest BCUT2D eigenvalue weighted by Crippen LogP contribution is -2.38. The molecule has 2 rings (SSSR count). The summed E-state index contributed by atoms with van der Waals surface area (Å²) in [7, 11) is 0. The summed E-state index contributed by atoms with van der Waals surface area (Å²) < 4.78 is 15.1. The van der Waals surface area contributed by atoms with E-state index in [4.69, 9.17) is 14.2 Å². The van der Waals surface area contributed by atoms with Gasteiger partial charge < -0.3 is 19.5 Å². The molecule has 2 bridgehead atoms. The Hall–Kier alpha value is -2.05. The third kappa shape index (κ3) is 3.49. The van der Waals surface area contributed by atoms with Crippen LogP contribution in [0.1, 0.15) is 19.3 Å². The van der Waals surface area contributed by atoms with Crippen LogP contribution in [0.2, 0.25) is 0 Å². The number of esters is 2. The minimum atomic E-state index is -0.606. The molecule has 1 aliphatic heterocycles. The summed E-state index contributed by atoms with van der Waals surface area (Å²) in [6.45, 7) is 3.45. The lowest BCUT2D eigenvalue weighted by Gasteiger charge is -2.25. The lowest BCUT2D eigenvalue weighted by atomic mass is 9.88. The largest absolute Gasteiger partial charge is 0.461 e. The Kier molecular flexibility index (Phi) is 4.60. The summed E-state index contributed by atoms with van der Waals surface area (Å²) in [4.78, 5) is 33.7. The van der Waals surface area contributed by atoms with Crippen molar-refractivity contribution in [1.82, 2.24) is 5.32 Å². The summed E-state index contributed by atoms with van der Waals surface area (Å²) in [6, 6.07) is 0. The Labute approximate surface area is 116 Å². The number of carbonyl (C=O) groups excluding carboxylic acids is 3. The molecule has 7 nitrogen and oxygen atoms in total. The molecule has 1 saturated heterocycles. The molecular formula is C13H17NO6. The number of rotatable bonds is 5. The van der Waals surface area contributed by atoms with Crippen molar-refractivity contribution in [2.24, 2.45) is 5.92 Å². The molecule has 0 spiro atoms. The number of hydrogen-bond donors (Lipinski definition) is 1. The van der Waals surface area contributed by atoms with Crippen molar-refractivity contribution in [3.8, 4) is 0 Å². The normalized spacial score (nSPS) is 27.4. The Morgan fingerprint density at radius 3 is 3.00 bits per heavy atom. The van der Waals surface area contributed by atoms with E-state index in [9.17, 15) is 14.4 Å². The predicted molar refractivity (Wildman–Crippen MR) is 66.6 cm³/mol. The first-order valence-electron chi connectivity index (χ1n) is 6.54. The zero-order valence-corrected chi connectivity index (χ0v) is 11.0. The van der Waals surface area contributed by atoms with Gasteiger partial charge in [0.05, 0.1) is 12.5 Å². The van der Waals surface area contributed by atoms with Gasteiger partial charge in [-0.1, -0.05) is 6.58 Å². The van der Waals surface area contributed by atoms with E-state index in [1.807, 2.05) is 0 Å². The molecule has 2 fully saturated rings. The number of carbonyl (C=O) groups is 3. The average Bonchev–Trinajstić information content (AvgIpc) is 2.74. The van der Waals surface area contributed by atoms with E-state index in [0.29, 0.717) is 19.3 Å². The SMILES string of the molecule is C=CC(=O)OCCNC(=O)OC1CCC2CC1OC2=O. The summed E-state index contributed by atoms with van der Waals surface area (Å²) in [5.41, 5.74) is 0. The second-order valence-electron chi connectivity index (χ2n) is 4.73. The summed E-state index contributed by atoms with van der Waals surface area (Å²) in [5.74, 6) is -0.782. The van der Waals surface area contributed by atoms with Gasteiger partial charge in [-0.25, -0.2) is 9.59 Å². The van der Waals surface area contributed by atoms with E-state index in [1.54, 1.807) is 0 Å². The van der Waals surface area contributed by atoms with Gasteiger partial charge in [-0.3, -0.25) is 4.79 Å². The highest BCUT2D eigenvalue weighted by molar-refractivity contribution is 5.81. The van der Waals surface area contributed by atoms with Crippen LogP contribution in [0, 0.1) is 5.92 Å². The second kappa shape index (κ2) is 6.40. The zero-order valence-electron chi connectivity index (χ0n) is 11.0. The van der Waals surface area contributed by atoms with E-state index >= 15 is 0 Å². The molecule has 3 atom stereocenters. The molecule has 2 aliphatic rings. The first-order chi connectivity index (χ1) is 9.60. The molecule has 1 saturated carbocycles. The van der Waals surface area contributed by atoms with Crippen LogP contribution in [0.15, 0.2) is 12.7 Å². The maximum absolute atomic E-state index is 11.5. The van der Waals surface area contributed by atoms with Crippen LogP contribution in [0.5, 0.6) is 0 Å². The number of fused-ring (bicyclic) bond motifs is 2. The van der Waals surface area contributed by atoms with Gasteiger partial charge in [-0.05, 0) is 12.8 Å². The Balaban J connectivity index is 1.66. The molecule has 1 aliphatic carbocycles. The van der Waals surface area contributed by atoms with E-state index in [-0.39, 0.29) is 31.1 Å². The quantitative estimate of drug-likeness (QED) is 0.343. The zero-order chi connectivity index (χ0) is 14.5. The molecule has 3 unspecified atom stereocenters. The fourth-order valence-corrected chi connectivity index (χ4v) is 2.36. The Morgan fingerprint density at radius 2 is 2.25 bits per heavy atom. The number of amides is 1. The highest BCUT2D eigenvalue weighted by atomic mass is 16.6. The minimum Gasteiger partial charge on any atom is -0.461 e.